The number of hydrogen-bond donors (Lipinski definition) is 2. The van der Waals surface area contributed by atoms with E-state index in [0.717, 1.165) is 6.07 Å². The SMILES string of the molecule is O=C(O)CN(CC(=O)NC12CC(CC(=O)COc3ccc(Cl)c(F)c3)(C1)C2)c1ccc(Cl)cc1. The Hall–Kier alpha value is -2.84. The first-order valence-corrected chi connectivity index (χ1v) is 11.5. The van der Waals surface area contributed by atoms with Gasteiger partial charge in [-0.3, -0.25) is 14.4 Å². The summed E-state index contributed by atoms with van der Waals surface area (Å²) in [4.78, 5) is 37.7. The van der Waals surface area contributed by atoms with E-state index in [9.17, 15) is 23.9 Å². The van der Waals surface area contributed by atoms with Crippen molar-refractivity contribution in [2.24, 2.45) is 5.41 Å². The largest absolute Gasteiger partial charge is 0.486 e. The molecule has 34 heavy (non-hydrogen) atoms. The summed E-state index contributed by atoms with van der Waals surface area (Å²) in [6.07, 6.45) is 2.39. The highest BCUT2D eigenvalue weighted by molar-refractivity contribution is 6.31. The normalized spacial score (nSPS) is 22.2. The van der Waals surface area contributed by atoms with Gasteiger partial charge in [-0.25, -0.2) is 4.39 Å². The van der Waals surface area contributed by atoms with Crippen LogP contribution >= 0.6 is 23.2 Å². The zero-order valence-electron chi connectivity index (χ0n) is 18.2. The first kappa shape index (κ1) is 24.3. The summed E-state index contributed by atoms with van der Waals surface area (Å²) in [5, 5.41) is 12.7. The molecule has 2 N–H and O–H groups in total. The van der Waals surface area contributed by atoms with Gasteiger partial charge in [-0.05, 0) is 61.1 Å². The van der Waals surface area contributed by atoms with Crippen LogP contribution in [-0.2, 0) is 14.4 Å². The predicted octanol–water partition coefficient (Wildman–Crippen LogP) is 4.10. The minimum absolute atomic E-state index is 0.0147. The van der Waals surface area contributed by atoms with Gasteiger partial charge in [0.25, 0.3) is 0 Å². The highest BCUT2D eigenvalue weighted by Gasteiger charge is 2.68. The van der Waals surface area contributed by atoms with E-state index in [4.69, 9.17) is 27.9 Å². The Morgan fingerprint density at radius 3 is 2.35 bits per heavy atom. The van der Waals surface area contributed by atoms with Gasteiger partial charge in [-0.2, -0.15) is 0 Å². The van der Waals surface area contributed by atoms with E-state index < -0.39 is 11.8 Å². The van der Waals surface area contributed by atoms with Crippen molar-refractivity contribution in [3.63, 3.8) is 0 Å². The van der Waals surface area contributed by atoms with Gasteiger partial charge in [0, 0.05) is 28.7 Å². The second-order valence-corrected chi connectivity index (χ2v) is 10.0. The van der Waals surface area contributed by atoms with Crippen molar-refractivity contribution in [2.45, 2.75) is 31.2 Å². The lowest BCUT2D eigenvalue weighted by Crippen LogP contribution is -2.75. The zero-order valence-corrected chi connectivity index (χ0v) is 19.7. The summed E-state index contributed by atoms with van der Waals surface area (Å²) < 4.78 is 18.8. The molecule has 0 unspecified atom stereocenters. The second-order valence-electron chi connectivity index (χ2n) is 9.17. The fraction of sp³-hybridized carbons (Fsp3) is 0.375. The molecule has 3 aliphatic rings. The quantitative estimate of drug-likeness (QED) is 0.474. The van der Waals surface area contributed by atoms with Gasteiger partial charge in [-0.15, -0.1) is 0 Å². The van der Waals surface area contributed by atoms with Gasteiger partial charge < -0.3 is 20.1 Å². The minimum atomic E-state index is -1.05. The Morgan fingerprint density at radius 2 is 1.74 bits per heavy atom. The Labute approximate surface area is 205 Å². The van der Waals surface area contributed by atoms with Crippen LogP contribution in [0, 0.1) is 11.2 Å². The maximum absolute atomic E-state index is 13.5. The van der Waals surface area contributed by atoms with Crippen molar-refractivity contribution >= 4 is 46.5 Å². The monoisotopic (exact) mass is 508 g/mol. The highest BCUT2D eigenvalue weighted by atomic mass is 35.5. The molecule has 1 amide bonds. The van der Waals surface area contributed by atoms with Gasteiger partial charge in [0.2, 0.25) is 5.91 Å². The summed E-state index contributed by atoms with van der Waals surface area (Å²) >= 11 is 11.5. The van der Waals surface area contributed by atoms with Crippen LogP contribution in [0.25, 0.3) is 0 Å². The number of aliphatic carboxylic acids is 1. The highest BCUT2D eigenvalue weighted by Crippen LogP contribution is 2.69. The van der Waals surface area contributed by atoms with Gasteiger partial charge >= 0.3 is 5.97 Å². The van der Waals surface area contributed by atoms with Crippen LogP contribution in [0.2, 0.25) is 10.0 Å². The molecule has 2 aromatic carbocycles. The number of carboxylic acid groups (broad SMARTS) is 1. The summed E-state index contributed by atoms with van der Waals surface area (Å²) in [5.41, 5.74) is 0.102. The number of carbonyl (C=O) groups excluding carboxylic acids is 2. The molecule has 0 atom stereocenters. The molecule has 5 rings (SSSR count). The molecular weight excluding hydrogens is 486 g/mol. The Kier molecular flexibility index (Phi) is 6.73. The number of Topliss-reactive ketones (excluding diaryl/α,β-unsaturated/α-hetero) is 1. The van der Waals surface area contributed by atoms with Crippen molar-refractivity contribution in [1.82, 2.24) is 5.32 Å². The molecule has 3 saturated carbocycles. The molecule has 0 aliphatic heterocycles. The van der Waals surface area contributed by atoms with Crippen LogP contribution in [0.1, 0.15) is 25.7 Å². The van der Waals surface area contributed by atoms with Crippen LogP contribution in [0.15, 0.2) is 42.5 Å². The maximum Gasteiger partial charge on any atom is 0.323 e. The van der Waals surface area contributed by atoms with Gasteiger partial charge in [-0.1, -0.05) is 23.2 Å². The number of anilines is 1. The van der Waals surface area contributed by atoms with E-state index >= 15 is 0 Å². The number of carbonyl (C=O) groups is 3. The van der Waals surface area contributed by atoms with Crippen LogP contribution < -0.4 is 15.0 Å². The van der Waals surface area contributed by atoms with Crippen molar-refractivity contribution < 1.29 is 28.6 Å². The average Bonchev–Trinajstić information content (AvgIpc) is 2.72. The van der Waals surface area contributed by atoms with Crippen molar-refractivity contribution in [2.75, 3.05) is 24.6 Å². The number of hydrogen-bond acceptors (Lipinski definition) is 5. The van der Waals surface area contributed by atoms with Crippen molar-refractivity contribution in [3.05, 3.63) is 58.3 Å². The smallest absolute Gasteiger partial charge is 0.323 e. The Morgan fingerprint density at radius 1 is 1.06 bits per heavy atom. The standard InChI is InChI=1S/C24H23Cl2FN2O5/c25-15-1-3-16(4-2-15)29(10-22(32)33)9-21(31)28-24-12-23(13-24,14-24)8-17(30)11-34-18-5-6-19(26)20(27)7-18/h1-7H,8-14H2,(H,28,31)(H,32,33). The van der Waals surface area contributed by atoms with E-state index in [1.807, 2.05) is 0 Å². The molecule has 2 bridgehead atoms. The zero-order chi connectivity index (χ0) is 24.5. The van der Waals surface area contributed by atoms with Gasteiger partial charge in [0.15, 0.2) is 5.78 Å². The number of rotatable bonds is 11. The second kappa shape index (κ2) is 9.43. The summed E-state index contributed by atoms with van der Waals surface area (Å²) in [6, 6.07) is 10.6. The molecular formula is C24H23Cl2FN2O5. The lowest BCUT2D eigenvalue weighted by molar-refractivity contribution is -0.172. The third-order valence-electron chi connectivity index (χ3n) is 6.26. The van der Waals surface area contributed by atoms with Crippen LogP contribution in [-0.4, -0.2) is 48.0 Å². The molecule has 0 spiro atoms. The van der Waals surface area contributed by atoms with Gasteiger partial charge in [0.1, 0.15) is 24.7 Å². The van der Waals surface area contributed by atoms with E-state index in [-0.39, 0.29) is 53.1 Å². The number of amides is 1. The number of ketones is 1. The van der Waals surface area contributed by atoms with Crippen molar-refractivity contribution in [3.8, 4) is 5.75 Å². The third kappa shape index (κ3) is 5.45. The number of nitrogens with zero attached hydrogens (tertiary/aromatic N) is 1. The predicted molar refractivity (Wildman–Crippen MR) is 125 cm³/mol. The Balaban J connectivity index is 1.24. The van der Waals surface area contributed by atoms with E-state index in [2.05, 4.69) is 5.32 Å². The first-order valence-electron chi connectivity index (χ1n) is 10.7. The molecule has 0 radical (unpaired) electrons. The molecule has 0 saturated heterocycles. The van der Waals surface area contributed by atoms with Gasteiger partial charge in [0.05, 0.1) is 11.6 Å². The van der Waals surface area contributed by atoms with Crippen LogP contribution in [0.5, 0.6) is 5.75 Å². The third-order valence-corrected chi connectivity index (χ3v) is 6.82. The fourth-order valence-corrected chi connectivity index (χ4v) is 5.32. The van der Waals surface area contributed by atoms with Crippen LogP contribution in [0.3, 0.4) is 0 Å². The lowest BCUT2D eigenvalue weighted by Gasteiger charge is -2.70. The maximum atomic E-state index is 13.5. The molecule has 3 fully saturated rings. The number of ether oxygens (including phenoxy) is 1. The molecule has 7 nitrogen and oxygen atoms in total. The Bertz CT molecular complexity index is 1110. The summed E-state index contributed by atoms with van der Waals surface area (Å²) in [6.45, 7) is -0.585. The molecule has 180 valence electrons. The summed E-state index contributed by atoms with van der Waals surface area (Å²) in [5.74, 6) is -1.78. The number of benzene rings is 2. The fourth-order valence-electron chi connectivity index (χ4n) is 5.08. The van der Waals surface area contributed by atoms with E-state index in [1.54, 1.807) is 24.3 Å². The minimum Gasteiger partial charge on any atom is -0.486 e. The lowest BCUT2D eigenvalue weighted by atomic mass is 9.38. The molecule has 0 heterocycles. The summed E-state index contributed by atoms with van der Waals surface area (Å²) in [7, 11) is 0. The number of nitrogens with one attached hydrogen (secondary N) is 1. The topological polar surface area (TPSA) is 95.9 Å². The van der Waals surface area contributed by atoms with E-state index in [1.165, 1.54) is 17.0 Å². The number of halogens is 3. The molecule has 2 aromatic rings. The van der Waals surface area contributed by atoms with Crippen LogP contribution in [0.4, 0.5) is 10.1 Å². The molecule has 0 aromatic heterocycles. The van der Waals surface area contributed by atoms with Crippen molar-refractivity contribution in [1.29, 1.82) is 0 Å². The number of carboxylic acids is 1. The average molecular weight is 509 g/mol. The first-order chi connectivity index (χ1) is 16.1. The molecule has 10 heteroatoms. The molecule has 3 aliphatic carbocycles. The van der Waals surface area contributed by atoms with E-state index in [0.29, 0.717) is 36.4 Å².